The van der Waals surface area contributed by atoms with E-state index in [2.05, 4.69) is 21.8 Å². The molecule has 7 heteroatoms. The van der Waals surface area contributed by atoms with Crippen LogP contribution < -0.4 is 0 Å². The number of aliphatic hydroxyl groups is 1. The lowest BCUT2D eigenvalue weighted by Crippen LogP contribution is -2.50. The second-order valence-corrected chi connectivity index (χ2v) is 8.73. The summed E-state index contributed by atoms with van der Waals surface area (Å²) in [5.74, 6) is -0.276. The van der Waals surface area contributed by atoms with Gasteiger partial charge in [-0.3, -0.25) is 4.90 Å². The topological polar surface area (TPSA) is 62.1 Å². The molecular formula is C22H25FN4OS. The minimum atomic E-state index is -1.05. The van der Waals surface area contributed by atoms with Gasteiger partial charge in [0, 0.05) is 48.4 Å². The zero-order chi connectivity index (χ0) is 20.6. The molecule has 1 aromatic carbocycles. The molecule has 5 nitrogen and oxygen atoms in total. The molecule has 0 amide bonds. The van der Waals surface area contributed by atoms with Gasteiger partial charge >= 0.3 is 0 Å². The first-order valence-corrected chi connectivity index (χ1v) is 10.7. The summed E-state index contributed by atoms with van der Waals surface area (Å²) < 4.78 is 13.6. The molecule has 0 saturated heterocycles. The van der Waals surface area contributed by atoms with E-state index in [1.165, 1.54) is 23.3 Å². The monoisotopic (exact) mass is 412 g/mol. The number of thiazole rings is 1. The fourth-order valence-electron chi connectivity index (χ4n) is 4.20. The van der Waals surface area contributed by atoms with Crippen LogP contribution >= 0.6 is 11.3 Å². The Morgan fingerprint density at radius 2 is 2.07 bits per heavy atom. The third-order valence-electron chi connectivity index (χ3n) is 6.00. The van der Waals surface area contributed by atoms with Crippen molar-refractivity contribution in [1.29, 1.82) is 0 Å². The van der Waals surface area contributed by atoms with E-state index in [0.717, 1.165) is 46.9 Å². The van der Waals surface area contributed by atoms with Crippen molar-refractivity contribution in [3.8, 4) is 10.6 Å². The minimum absolute atomic E-state index is 0.115. The molecule has 3 aromatic rings. The normalized spacial score (nSPS) is 17.6. The molecule has 1 N–H and O–H groups in total. The molecule has 1 aliphatic rings. The van der Waals surface area contributed by atoms with Gasteiger partial charge in [0.1, 0.15) is 22.8 Å². The molecule has 1 aliphatic heterocycles. The molecule has 0 fully saturated rings. The van der Waals surface area contributed by atoms with Gasteiger partial charge in [0.15, 0.2) is 0 Å². The third kappa shape index (κ3) is 3.70. The van der Waals surface area contributed by atoms with Crippen LogP contribution in [0.1, 0.15) is 42.0 Å². The SMILES string of the molecule is CCC(O)(c1ccc(F)cc1C)C(C)N1CCc2nc(-c3cncnc3)sc2C1. The summed E-state index contributed by atoms with van der Waals surface area (Å²) in [4.78, 5) is 16.5. The Morgan fingerprint density at radius 1 is 1.31 bits per heavy atom. The predicted octanol–water partition coefficient (Wildman–Crippen LogP) is 4.09. The van der Waals surface area contributed by atoms with Crippen molar-refractivity contribution in [2.45, 2.75) is 51.8 Å². The minimum Gasteiger partial charge on any atom is -0.384 e. The summed E-state index contributed by atoms with van der Waals surface area (Å²) in [6.07, 6.45) is 6.48. The van der Waals surface area contributed by atoms with Gasteiger partial charge in [-0.15, -0.1) is 11.3 Å². The van der Waals surface area contributed by atoms with Gasteiger partial charge in [-0.25, -0.2) is 19.3 Å². The molecule has 0 saturated carbocycles. The summed E-state index contributed by atoms with van der Waals surface area (Å²) >= 11 is 1.66. The molecule has 2 atom stereocenters. The Kier molecular flexibility index (Phi) is 5.46. The number of aryl methyl sites for hydroxylation is 1. The number of halogens is 1. The van der Waals surface area contributed by atoms with Crippen molar-refractivity contribution in [3.05, 3.63) is 64.4 Å². The van der Waals surface area contributed by atoms with Crippen LogP contribution in [-0.4, -0.2) is 37.5 Å². The Balaban J connectivity index is 1.60. The largest absolute Gasteiger partial charge is 0.384 e. The molecule has 2 aromatic heterocycles. The zero-order valence-corrected chi connectivity index (χ0v) is 17.7. The fourth-order valence-corrected chi connectivity index (χ4v) is 5.31. The van der Waals surface area contributed by atoms with E-state index >= 15 is 0 Å². The molecule has 4 rings (SSSR count). The molecule has 3 heterocycles. The first-order chi connectivity index (χ1) is 13.9. The zero-order valence-electron chi connectivity index (χ0n) is 16.9. The summed E-state index contributed by atoms with van der Waals surface area (Å²) in [5, 5.41) is 12.6. The number of benzene rings is 1. The lowest BCUT2D eigenvalue weighted by molar-refractivity contribution is -0.0540. The summed E-state index contributed by atoms with van der Waals surface area (Å²) in [6, 6.07) is 4.53. The van der Waals surface area contributed by atoms with E-state index in [-0.39, 0.29) is 11.9 Å². The van der Waals surface area contributed by atoms with Gasteiger partial charge in [0.25, 0.3) is 0 Å². The number of nitrogens with zero attached hydrogens (tertiary/aromatic N) is 4. The van der Waals surface area contributed by atoms with E-state index < -0.39 is 5.60 Å². The Hall–Kier alpha value is -2.22. The highest BCUT2D eigenvalue weighted by atomic mass is 32.1. The predicted molar refractivity (Wildman–Crippen MR) is 112 cm³/mol. The molecule has 29 heavy (non-hydrogen) atoms. The van der Waals surface area contributed by atoms with E-state index in [0.29, 0.717) is 6.42 Å². The van der Waals surface area contributed by atoms with Gasteiger partial charge in [-0.2, -0.15) is 0 Å². The number of hydrogen-bond acceptors (Lipinski definition) is 6. The van der Waals surface area contributed by atoms with Gasteiger partial charge < -0.3 is 5.11 Å². The van der Waals surface area contributed by atoms with Crippen molar-refractivity contribution in [2.75, 3.05) is 6.54 Å². The van der Waals surface area contributed by atoms with E-state index in [1.807, 2.05) is 13.8 Å². The number of aromatic nitrogens is 3. The van der Waals surface area contributed by atoms with E-state index in [9.17, 15) is 9.50 Å². The molecule has 2 unspecified atom stereocenters. The number of rotatable bonds is 5. The Labute approximate surface area is 174 Å². The van der Waals surface area contributed by atoms with Crippen LogP contribution in [0.2, 0.25) is 0 Å². The molecular weight excluding hydrogens is 387 g/mol. The van der Waals surface area contributed by atoms with Crippen molar-refractivity contribution < 1.29 is 9.50 Å². The van der Waals surface area contributed by atoms with Crippen LogP contribution in [0.3, 0.4) is 0 Å². The summed E-state index contributed by atoms with van der Waals surface area (Å²) in [6.45, 7) is 7.46. The average molecular weight is 413 g/mol. The van der Waals surface area contributed by atoms with Crippen molar-refractivity contribution in [2.24, 2.45) is 0 Å². The first kappa shape index (κ1) is 20.1. The molecule has 0 radical (unpaired) electrons. The lowest BCUT2D eigenvalue weighted by Gasteiger charge is -2.42. The van der Waals surface area contributed by atoms with Crippen LogP contribution in [0.5, 0.6) is 0 Å². The smallest absolute Gasteiger partial charge is 0.127 e. The molecule has 0 bridgehead atoms. The van der Waals surface area contributed by atoms with Crippen LogP contribution in [0.4, 0.5) is 4.39 Å². The maximum atomic E-state index is 13.6. The first-order valence-electron chi connectivity index (χ1n) is 9.89. The van der Waals surface area contributed by atoms with Crippen LogP contribution in [0.15, 0.2) is 36.9 Å². The van der Waals surface area contributed by atoms with Crippen LogP contribution in [0, 0.1) is 12.7 Å². The van der Waals surface area contributed by atoms with Crippen molar-refractivity contribution in [1.82, 2.24) is 19.9 Å². The lowest BCUT2D eigenvalue weighted by atomic mass is 9.81. The quantitative estimate of drug-likeness (QED) is 0.684. The highest BCUT2D eigenvalue weighted by molar-refractivity contribution is 7.15. The van der Waals surface area contributed by atoms with E-state index in [1.54, 1.807) is 29.8 Å². The van der Waals surface area contributed by atoms with Gasteiger partial charge in [-0.1, -0.05) is 13.0 Å². The van der Waals surface area contributed by atoms with Gasteiger partial charge in [0.2, 0.25) is 0 Å². The van der Waals surface area contributed by atoms with Crippen molar-refractivity contribution in [3.63, 3.8) is 0 Å². The second-order valence-electron chi connectivity index (χ2n) is 7.65. The number of hydrogen-bond donors (Lipinski definition) is 1. The maximum Gasteiger partial charge on any atom is 0.127 e. The van der Waals surface area contributed by atoms with Gasteiger partial charge in [-0.05, 0) is 43.5 Å². The highest BCUT2D eigenvalue weighted by Gasteiger charge is 2.40. The molecule has 0 aliphatic carbocycles. The van der Waals surface area contributed by atoms with Crippen LogP contribution in [-0.2, 0) is 18.6 Å². The standard InChI is InChI=1S/C22H25FN4OS/c1-4-22(28,18-6-5-17(23)9-14(18)2)15(3)27-8-7-19-20(12-27)29-21(26-19)16-10-24-13-25-11-16/h5-6,9-11,13,15,28H,4,7-8,12H2,1-3H3. The molecule has 0 spiro atoms. The number of fused-ring (bicyclic) bond motifs is 1. The second kappa shape index (κ2) is 7.89. The maximum absolute atomic E-state index is 13.6. The van der Waals surface area contributed by atoms with Crippen molar-refractivity contribution >= 4 is 11.3 Å². The van der Waals surface area contributed by atoms with Crippen LogP contribution in [0.25, 0.3) is 10.6 Å². The third-order valence-corrected chi connectivity index (χ3v) is 7.13. The highest BCUT2D eigenvalue weighted by Crippen LogP contribution is 2.38. The Bertz CT molecular complexity index is 1010. The molecule has 152 valence electrons. The average Bonchev–Trinajstić information content (AvgIpc) is 3.16. The summed E-state index contributed by atoms with van der Waals surface area (Å²) in [5.41, 5.74) is 2.58. The Morgan fingerprint density at radius 3 is 2.76 bits per heavy atom. The van der Waals surface area contributed by atoms with Gasteiger partial charge in [0.05, 0.1) is 5.69 Å². The summed E-state index contributed by atoms with van der Waals surface area (Å²) in [7, 11) is 0. The fraction of sp³-hybridized carbons (Fsp3) is 0.409. The van der Waals surface area contributed by atoms with E-state index in [4.69, 9.17) is 4.98 Å².